The van der Waals surface area contributed by atoms with Gasteiger partial charge >= 0.3 is 5.97 Å². The third-order valence-corrected chi connectivity index (χ3v) is 4.38. The molecule has 1 aliphatic carbocycles. The first kappa shape index (κ1) is 13.4. The van der Waals surface area contributed by atoms with Crippen LogP contribution in [-0.2, 0) is 12.8 Å². The quantitative estimate of drug-likeness (QED) is 0.914. The SMILES string of the molecule is Cc1ccc(Br)c(-n2nc(C(=O)O)c3c2CCCC3)c1. The van der Waals surface area contributed by atoms with Crippen LogP contribution in [0.4, 0.5) is 0 Å². The molecule has 5 heteroatoms. The number of rotatable bonds is 2. The van der Waals surface area contributed by atoms with Gasteiger partial charge in [0.1, 0.15) is 0 Å². The van der Waals surface area contributed by atoms with Crippen LogP contribution in [0.5, 0.6) is 0 Å². The summed E-state index contributed by atoms with van der Waals surface area (Å²) >= 11 is 3.53. The molecule has 1 aromatic heterocycles. The van der Waals surface area contributed by atoms with Gasteiger partial charge in [0.25, 0.3) is 0 Å². The number of aromatic carboxylic acids is 1. The van der Waals surface area contributed by atoms with Gasteiger partial charge in [0.05, 0.1) is 5.69 Å². The maximum atomic E-state index is 11.4. The van der Waals surface area contributed by atoms with Crippen LogP contribution in [0.3, 0.4) is 0 Å². The Balaban J connectivity index is 2.23. The minimum atomic E-state index is -0.939. The Bertz CT molecular complexity index is 691. The smallest absolute Gasteiger partial charge is 0.356 e. The van der Waals surface area contributed by atoms with E-state index in [0.717, 1.165) is 52.7 Å². The van der Waals surface area contributed by atoms with E-state index in [1.54, 1.807) is 4.68 Å². The van der Waals surface area contributed by atoms with Crippen LogP contribution in [0.1, 0.15) is 40.2 Å². The fraction of sp³-hybridized carbons (Fsp3) is 0.333. The van der Waals surface area contributed by atoms with Crippen molar-refractivity contribution in [3.63, 3.8) is 0 Å². The Labute approximate surface area is 125 Å². The molecule has 20 heavy (non-hydrogen) atoms. The Morgan fingerprint density at radius 2 is 2.10 bits per heavy atom. The summed E-state index contributed by atoms with van der Waals surface area (Å²) in [6, 6.07) is 6.02. The van der Waals surface area contributed by atoms with Crippen molar-refractivity contribution in [1.82, 2.24) is 9.78 Å². The van der Waals surface area contributed by atoms with Crippen LogP contribution in [0, 0.1) is 6.92 Å². The zero-order chi connectivity index (χ0) is 14.3. The number of aryl methyl sites for hydroxylation is 1. The van der Waals surface area contributed by atoms with Crippen molar-refractivity contribution < 1.29 is 9.90 Å². The van der Waals surface area contributed by atoms with Crippen molar-refractivity contribution in [2.75, 3.05) is 0 Å². The number of benzene rings is 1. The second kappa shape index (κ2) is 5.05. The highest BCUT2D eigenvalue weighted by molar-refractivity contribution is 9.10. The second-order valence-corrected chi connectivity index (χ2v) is 6.01. The van der Waals surface area contributed by atoms with E-state index < -0.39 is 5.97 Å². The molecule has 1 N–H and O–H groups in total. The number of carboxylic acids is 1. The van der Waals surface area contributed by atoms with Crippen molar-refractivity contribution in [2.45, 2.75) is 32.6 Å². The van der Waals surface area contributed by atoms with E-state index in [9.17, 15) is 9.90 Å². The molecule has 0 fully saturated rings. The Kier molecular flexibility index (Phi) is 3.38. The molecule has 0 spiro atoms. The molecule has 1 heterocycles. The number of carbonyl (C=O) groups is 1. The van der Waals surface area contributed by atoms with E-state index in [-0.39, 0.29) is 5.69 Å². The zero-order valence-electron chi connectivity index (χ0n) is 11.2. The molecule has 4 nitrogen and oxygen atoms in total. The molecule has 1 aliphatic rings. The van der Waals surface area contributed by atoms with Crippen molar-refractivity contribution in [1.29, 1.82) is 0 Å². The van der Waals surface area contributed by atoms with Crippen LogP contribution in [0.2, 0.25) is 0 Å². The van der Waals surface area contributed by atoms with Crippen molar-refractivity contribution >= 4 is 21.9 Å². The molecular weight excluding hydrogens is 320 g/mol. The van der Waals surface area contributed by atoms with E-state index in [2.05, 4.69) is 21.0 Å². The first-order valence-corrected chi connectivity index (χ1v) is 7.48. The highest BCUT2D eigenvalue weighted by Crippen LogP contribution is 2.30. The molecule has 2 aromatic rings. The summed E-state index contributed by atoms with van der Waals surface area (Å²) < 4.78 is 2.73. The third kappa shape index (κ3) is 2.16. The fourth-order valence-electron chi connectivity index (χ4n) is 2.76. The summed E-state index contributed by atoms with van der Waals surface area (Å²) in [4.78, 5) is 11.4. The van der Waals surface area contributed by atoms with Crippen LogP contribution in [0.25, 0.3) is 5.69 Å². The first-order valence-electron chi connectivity index (χ1n) is 6.68. The summed E-state index contributed by atoms with van der Waals surface area (Å²) in [5.74, 6) is -0.939. The summed E-state index contributed by atoms with van der Waals surface area (Å²) in [6.07, 6.45) is 3.81. The first-order chi connectivity index (χ1) is 9.58. The average Bonchev–Trinajstić information content (AvgIpc) is 2.81. The van der Waals surface area contributed by atoms with Gasteiger partial charge in [-0.25, -0.2) is 9.48 Å². The molecule has 0 unspecified atom stereocenters. The van der Waals surface area contributed by atoms with E-state index in [1.165, 1.54) is 0 Å². The molecule has 0 bridgehead atoms. The second-order valence-electron chi connectivity index (χ2n) is 5.15. The number of fused-ring (bicyclic) bond motifs is 1. The van der Waals surface area contributed by atoms with Crippen LogP contribution >= 0.6 is 15.9 Å². The molecule has 1 aromatic carbocycles. The van der Waals surface area contributed by atoms with Crippen LogP contribution < -0.4 is 0 Å². The largest absolute Gasteiger partial charge is 0.476 e. The van der Waals surface area contributed by atoms with Gasteiger partial charge in [0, 0.05) is 15.7 Å². The maximum Gasteiger partial charge on any atom is 0.356 e. The summed E-state index contributed by atoms with van der Waals surface area (Å²) in [5, 5.41) is 13.7. The topological polar surface area (TPSA) is 55.1 Å². The highest BCUT2D eigenvalue weighted by atomic mass is 79.9. The molecule has 0 atom stereocenters. The lowest BCUT2D eigenvalue weighted by Gasteiger charge is -2.15. The van der Waals surface area contributed by atoms with Gasteiger partial charge in [0.2, 0.25) is 0 Å². The van der Waals surface area contributed by atoms with E-state index in [0.29, 0.717) is 0 Å². The number of hydrogen-bond acceptors (Lipinski definition) is 2. The molecular formula is C15H15BrN2O2. The van der Waals surface area contributed by atoms with Gasteiger partial charge in [-0.2, -0.15) is 5.10 Å². The molecule has 0 amide bonds. The van der Waals surface area contributed by atoms with Crippen molar-refractivity contribution in [3.8, 4) is 5.69 Å². The molecule has 0 saturated carbocycles. The third-order valence-electron chi connectivity index (χ3n) is 3.71. The predicted octanol–water partition coefficient (Wildman–Crippen LogP) is 3.52. The lowest BCUT2D eigenvalue weighted by molar-refractivity contribution is 0.0688. The minimum Gasteiger partial charge on any atom is -0.476 e. The minimum absolute atomic E-state index is 0.202. The number of carboxylic acid groups (broad SMARTS) is 1. The lowest BCUT2D eigenvalue weighted by Crippen LogP contribution is -2.08. The van der Waals surface area contributed by atoms with Gasteiger partial charge in [-0.15, -0.1) is 0 Å². The Morgan fingerprint density at radius 3 is 2.85 bits per heavy atom. The van der Waals surface area contributed by atoms with Gasteiger partial charge in [-0.1, -0.05) is 6.07 Å². The van der Waals surface area contributed by atoms with Gasteiger partial charge in [-0.3, -0.25) is 0 Å². The van der Waals surface area contributed by atoms with Gasteiger partial charge in [0.15, 0.2) is 5.69 Å². The van der Waals surface area contributed by atoms with E-state index in [1.807, 2.05) is 25.1 Å². The zero-order valence-corrected chi connectivity index (χ0v) is 12.8. The number of halogens is 1. The van der Waals surface area contributed by atoms with Crippen molar-refractivity contribution in [2.24, 2.45) is 0 Å². The lowest BCUT2D eigenvalue weighted by atomic mass is 9.95. The summed E-state index contributed by atoms with van der Waals surface area (Å²) in [7, 11) is 0. The number of hydrogen-bond donors (Lipinski definition) is 1. The highest BCUT2D eigenvalue weighted by Gasteiger charge is 2.25. The monoisotopic (exact) mass is 334 g/mol. The average molecular weight is 335 g/mol. The molecule has 0 aliphatic heterocycles. The van der Waals surface area contributed by atoms with E-state index >= 15 is 0 Å². The summed E-state index contributed by atoms with van der Waals surface area (Å²) in [6.45, 7) is 2.02. The van der Waals surface area contributed by atoms with Crippen molar-refractivity contribution in [3.05, 3.63) is 45.2 Å². The van der Waals surface area contributed by atoms with Gasteiger partial charge < -0.3 is 5.11 Å². The molecule has 104 valence electrons. The maximum absolute atomic E-state index is 11.4. The Hall–Kier alpha value is -1.62. The predicted molar refractivity (Wildman–Crippen MR) is 79.6 cm³/mol. The molecule has 0 saturated heterocycles. The number of aromatic nitrogens is 2. The number of nitrogens with zero attached hydrogens (tertiary/aromatic N) is 2. The normalized spacial score (nSPS) is 14.1. The van der Waals surface area contributed by atoms with E-state index in [4.69, 9.17) is 0 Å². The fourth-order valence-corrected chi connectivity index (χ4v) is 3.17. The molecule has 0 radical (unpaired) electrons. The Morgan fingerprint density at radius 1 is 1.35 bits per heavy atom. The van der Waals surface area contributed by atoms with Crippen LogP contribution in [0.15, 0.2) is 22.7 Å². The summed E-state index contributed by atoms with van der Waals surface area (Å²) in [5.41, 5.74) is 4.18. The van der Waals surface area contributed by atoms with Crippen LogP contribution in [-0.4, -0.2) is 20.9 Å². The molecule has 3 rings (SSSR count). The standard InChI is InChI=1S/C15H15BrN2O2/c1-9-6-7-11(16)13(8-9)18-12-5-3-2-4-10(12)14(17-18)15(19)20/h6-8H,2-5H2,1H3,(H,19,20). The van der Waals surface area contributed by atoms with Gasteiger partial charge in [-0.05, 0) is 66.2 Å².